The summed E-state index contributed by atoms with van der Waals surface area (Å²) in [5.74, 6) is -1.42. The van der Waals surface area contributed by atoms with E-state index in [1.165, 1.54) is 11.3 Å². The zero-order valence-electron chi connectivity index (χ0n) is 19.2. The number of anilines is 1. The third-order valence-electron chi connectivity index (χ3n) is 5.30. The molecule has 1 aromatic carbocycles. The predicted molar refractivity (Wildman–Crippen MR) is 128 cm³/mol. The summed E-state index contributed by atoms with van der Waals surface area (Å²) in [6, 6.07) is 1.84. The van der Waals surface area contributed by atoms with E-state index in [0.29, 0.717) is 10.2 Å². The smallest absolute Gasteiger partial charge is 0.372 e. The van der Waals surface area contributed by atoms with Gasteiger partial charge in [-0.25, -0.2) is 4.98 Å². The maximum Gasteiger partial charge on any atom is 0.416 e. The van der Waals surface area contributed by atoms with E-state index in [1.54, 1.807) is 13.8 Å². The van der Waals surface area contributed by atoms with Gasteiger partial charge in [-0.2, -0.15) is 13.2 Å². The number of H-pyrrole nitrogens is 1. The van der Waals surface area contributed by atoms with Crippen molar-refractivity contribution >= 4 is 50.7 Å². The number of thiophene rings is 1. The van der Waals surface area contributed by atoms with Gasteiger partial charge < -0.3 is 10.3 Å². The van der Waals surface area contributed by atoms with Crippen LogP contribution >= 0.6 is 22.9 Å². The molecule has 0 saturated heterocycles. The van der Waals surface area contributed by atoms with E-state index in [2.05, 4.69) is 26.1 Å². The molecule has 2 heterocycles. The summed E-state index contributed by atoms with van der Waals surface area (Å²) in [5, 5.41) is 3.09. The molecule has 3 aromatic rings. The van der Waals surface area contributed by atoms with Gasteiger partial charge in [0.2, 0.25) is 5.91 Å². The number of fused-ring (bicyclic) bond motifs is 1. The summed E-state index contributed by atoms with van der Waals surface area (Å²) in [7, 11) is 0. The molecule has 2 amide bonds. The Morgan fingerprint density at radius 3 is 2.49 bits per heavy atom. The van der Waals surface area contributed by atoms with Crippen molar-refractivity contribution in [3.63, 3.8) is 0 Å². The molecule has 0 radical (unpaired) electrons. The maximum atomic E-state index is 12.9. The number of alkyl halides is 3. The number of nitrogens with one attached hydrogen (secondary N) is 4. The Bertz CT molecular complexity index is 1340. The number of aromatic nitrogens is 2. The van der Waals surface area contributed by atoms with E-state index in [9.17, 15) is 27.6 Å². The van der Waals surface area contributed by atoms with Crippen LogP contribution in [0.4, 0.5) is 18.9 Å². The number of hydrogen-bond acceptors (Lipinski definition) is 6. The zero-order chi connectivity index (χ0) is 26.1. The first-order valence-corrected chi connectivity index (χ1v) is 11.7. The molecule has 2 aromatic heterocycles. The molecule has 188 valence electrons. The Labute approximate surface area is 207 Å². The van der Waals surface area contributed by atoms with E-state index in [0.717, 1.165) is 28.6 Å². The van der Waals surface area contributed by atoms with Crippen molar-refractivity contribution in [3.8, 4) is 0 Å². The fourth-order valence-electron chi connectivity index (χ4n) is 3.30. The maximum absolute atomic E-state index is 12.9. The second kappa shape index (κ2) is 10.2. The van der Waals surface area contributed by atoms with Crippen LogP contribution in [0.2, 0.25) is 5.02 Å². The summed E-state index contributed by atoms with van der Waals surface area (Å²) in [5.41, 5.74) is 4.26. The highest BCUT2D eigenvalue weighted by Crippen LogP contribution is 2.34. The van der Waals surface area contributed by atoms with Gasteiger partial charge in [-0.3, -0.25) is 25.2 Å². The number of aromatic amines is 1. The molecule has 8 nitrogen and oxygen atoms in total. The fourth-order valence-corrected chi connectivity index (χ4v) is 4.58. The third-order valence-corrected chi connectivity index (χ3v) is 6.71. The molecule has 0 aliphatic rings. The topological polar surface area (TPSA) is 116 Å². The van der Waals surface area contributed by atoms with Crippen LogP contribution in [0.25, 0.3) is 10.2 Å². The van der Waals surface area contributed by atoms with Crippen LogP contribution in [0.3, 0.4) is 0 Å². The van der Waals surface area contributed by atoms with Crippen molar-refractivity contribution in [2.75, 3.05) is 5.32 Å². The lowest BCUT2D eigenvalue weighted by Gasteiger charge is -2.23. The molecule has 0 aliphatic carbocycles. The van der Waals surface area contributed by atoms with Crippen LogP contribution in [0.1, 0.15) is 35.7 Å². The molecule has 35 heavy (non-hydrogen) atoms. The van der Waals surface area contributed by atoms with Gasteiger partial charge in [0.05, 0.1) is 28.1 Å². The first-order valence-electron chi connectivity index (χ1n) is 10.5. The monoisotopic (exact) mass is 529 g/mol. The summed E-state index contributed by atoms with van der Waals surface area (Å²) in [6.45, 7) is 7.13. The minimum absolute atomic E-state index is 0.136. The van der Waals surface area contributed by atoms with Crippen molar-refractivity contribution in [1.29, 1.82) is 0 Å². The number of amides is 2. The van der Waals surface area contributed by atoms with Crippen molar-refractivity contribution in [2.45, 2.75) is 46.3 Å². The lowest BCUT2D eigenvalue weighted by molar-refractivity contribution is -0.137. The molecule has 0 unspecified atom stereocenters. The number of aryl methyl sites for hydroxylation is 2. The number of halogens is 4. The Morgan fingerprint density at radius 1 is 1.20 bits per heavy atom. The number of nitrogens with zero attached hydrogens (tertiary/aromatic N) is 1. The molecule has 4 N–H and O–H groups in total. The van der Waals surface area contributed by atoms with Crippen LogP contribution < -0.4 is 21.7 Å². The molecule has 0 spiro atoms. The second-order valence-electron chi connectivity index (χ2n) is 8.25. The van der Waals surface area contributed by atoms with E-state index < -0.39 is 29.6 Å². The molecule has 13 heteroatoms. The van der Waals surface area contributed by atoms with Gasteiger partial charge in [-0.15, -0.1) is 11.3 Å². The summed E-state index contributed by atoms with van der Waals surface area (Å²) in [6.07, 6.45) is -4.84. The highest BCUT2D eigenvalue weighted by molar-refractivity contribution is 7.18. The Balaban J connectivity index is 1.65. The summed E-state index contributed by atoms with van der Waals surface area (Å²) < 4.78 is 38.6. The molecule has 1 atom stereocenters. The predicted octanol–water partition coefficient (Wildman–Crippen LogP) is 4.10. The van der Waals surface area contributed by atoms with Gasteiger partial charge in [-0.1, -0.05) is 25.4 Å². The first kappa shape index (κ1) is 26.5. The van der Waals surface area contributed by atoms with Gasteiger partial charge in [0.15, 0.2) is 0 Å². The number of hydrogen-bond donors (Lipinski definition) is 4. The van der Waals surface area contributed by atoms with E-state index in [-0.39, 0.29) is 34.4 Å². The highest BCUT2D eigenvalue weighted by Gasteiger charge is 2.31. The average molecular weight is 530 g/mol. The molecule has 0 aliphatic heterocycles. The molecule has 0 bridgehead atoms. The number of benzene rings is 1. The Kier molecular flexibility index (Phi) is 7.75. The standard InChI is InChI=1S/C22H23ClF3N5O3S/c1-9(2)18(27-14-6-5-12(7-13(14)23)22(24,25)26)20(34)31-30-16(32)8-15-28-19(33)17-10(3)11(4)35-21(17)29-15/h5-7,9,18,27H,8H2,1-4H3,(H,30,32)(H,31,34)(H,28,29,33)/t18-/m1/s1. The average Bonchev–Trinajstić information content (AvgIpc) is 3.03. The zero-order valence-corrected chi connectivity index (χ0v) is 20.8. The van der Waals surface area contributed by atoms with Gasteiger partial charge >= 0.3 is 6.18 Å². The Hall–Kier alpha value is -3.12. The lowest BCUT2D eigenvalue weighted by Crippen LogP contribution is -2.51. The van der Waals surface area contributed by atoms with Crippen molar-refractivity contribution < 1.29 is 22.8 Å². The number of carbonyl (C=O) groups excluding carboxylic acids is 2. The second-order valence-corrected chi connectivity index (χ2v) is 9.86. The van der Waals surface area contributed by atoms with E-state index in [1.807, 2.05) is 13.8 Å². The molecule has 0 fully saturated rings. The van der Waals surface area contributed by atoms with Crippen LogP contribution in [0.5, 0.6) is 0 Å². The van der Waals surface area contributed by atoms with Crippen molar-refractivity contribution in [2.24, 2.45) is 5.92 Å². The summed E-state index contributed by atoms with van der Waals surface area (Å²) in [4.78, 5) is 45.7. The largest absolute Gasteiger partial charge is 0.416 e. The third kappa shape index (κ3) is 6.12. The minimum Gasteiger partial charge on any atom is -0.372 e. The fraction of sp³-hybridized carbons (Fsp3) is 0.364. The molecule has 3 rings (SSSR count). The van der Waals surface area contributed by atoms with Crippen LogP contribution in [-0.2, 0) is 22.2 Å². The molecular weight excluding hydrogens is 507 g/mol. The van der Waals surface area contributed by atoms with E-state index >= 15 is 0 Å². The molecular formula is C22H23ClF3N5O3S. The van der Waals surface area contributed by atoms with Crippen LogP contribution in [-0.4, -0.2) is 27.8 Å². The lowest BCUT2D eigenvalue weighted by atomic mass is 10.0. The summed E-state index contributed by atoms with van der Waals surface area (Å²) >= 11 is 7.32. The normalized spacial score (nSPS) is 12.6. The van der Waals surface area contributed by atoms with Crippen molar-refractivity contribution in [3.05, 3.63) is 55.4 Å². The van der Waals surface area contributed by atoms with Gasteiger partial charge in [0.1, 0.15) is 16.7 Å². The molecule has 0 saturated carbocycles. The number of carbonyl (C=O) groups is 2. The highest BCUT2D eigenvalue weighted by atomic mass is 35.5. The number of hydrazine groups is 1. The minimum atomic E-state index is -4.55. The van der Waals surface area contributed by atoms with E-state index in [4.69, 9.17) is 11.6 Å². The van der Waals surface area contributed by atoms with Crippen LogP contribution in [0, 0.1) is 19.8 Å². The van der Waals surface area contributed by atoms with Crippen LogP contribution in [0.15, 0.2) is 23.0 Å². The van der Waals surface area contributed by atoms with Crippen molar-refractivity contribution in [1.82, 2.24) is 20.8 Å². The van der Waals surface area contributed by atoms with Gasteiger partial charge in [0.25, 0.3) is 11.5 Å². The number of rotatable bonds is 6. The SMILES string of the molecule is Cc1sc2nc(CC(=O)NNC(=O)[C@H](Nc3ccc(C(F)(F)F)cc3Cl)C(C)C)[nH]c(=O)c2c1C. The first-order chi connectivity index (χ1) is 16.3. The van der Waals surface area contributed by atoms with Gasteiger partial charge in [0, 0.05) is 4.88 Å². The van der Waals surface area contributed by atoms with Gasteiger partial charge in [-0.05, 0) is 43.5 Å². The Morgan fingerprint density at radius 2 is 1.89 bits per heavy atom. The quantitative estimate of drug-likeness (QED) is 0.359.